The van der Waals surface area contributed by atoms with Crippen LogP contribution in [0.5, 0.6) is 0 Å². The molecule has 8 aliphatic rings. The first-order valence-electron chi connectivity index (χ1n) is 24.3. The summed E-state index contributed by atoms with van der Waals surface area (Å²) in [5.74, 6) is -0.273. The molecule has 8 rings (SSSR count). The monoisotopic (exact) mass is 943 g/mol. The van der Waals surface area contributed by atoms with Crippen molar-refractivity contribution in [2.45, 2.75) is 211 Å². The number of aliphatic hydroxyl groups is 11. The van der Waals surface area contributed by atoms with E-state index in [1.54, 1.807) is 0 Å². The van der Waals surface area contributed by atoms with E-state index in [1.807, 2.05) is 6.92 Å². The first kappa shape index (κ1) is 50.9. The molecule has 378 valence electrons. The van der Waals surface area contributed by atoms with Crippen LogP contribution in [0.2, 0.25) is 0 Å². The van der Waals surface area contributed by atoms with E-state index in [0.717, 1.165) is 44.9 Å². The van der Waals surface area contributed by atoms with Crippen LogP contribution in [-0.2, 0) is 33.2 Å². The highest BCUT2D eigenvalue weighted by Gasteiger charge is 2.70. The van der Waals surface area contributed by atoms with Crippen molar-refractivity contribution in [3.05, 3.63) is 11.6 Å². The third-order valence-corrected chi connectivity index (χ3v) is 19.4. The predicted octanol–water partition coefficient (Wildman–Crippen LogP) is 0.141. The van der Waals surface area contributed by atoms with E-state index in [4.69, 9.17) is 28.4 Å². The Labute approximate surface area is 387 Å². The van der Waals surface area contributed by atoms with Crippen molar-refractivity contribution in [3.63, 3.8) is 0 Å². The van der Waals surface area contributed by atoms with Gasteiger partial charge in [0.15, 0.2) is 12.6 Å². The molecule has 11 N–H and O–H groups in total. The molecular weight excluding hydrogens is 865 g/mol. The first-order valence-corrected chi connectivity index (χ1v) is 24.3. The zero-order chi connectivity index (χ0) is 48.3. The maximum Gasteiger partial charge on any atom is 0.315 e. The van der Waals surface area contributed by atoms with Crippen molar-refractivity contribution in [2.75, 3.05) is 19.8 Å². The van der Waals surface area contributed by atoms with E-state index in [0.29, 0.717) is 25.2 Å². The second-order valence-electron chi connectivity index (χ2n) is 23.3. The predicted molar refractivity (Wildman–Crippen MR) is 230 cm³/mol. The number of allylic oxidation sites excluding steroid dienone is 2. The Hall–Kier alpha value is -1.43. The molecule has 24 atom stereocenters. The minimum absolute atomic E-state index is 0.0599. The summed E-state index contributed by atoms with van der Waals surface area (Å²) >= 11 is 0. The van der Waals surface area contributed by atoms with Crippen LogP contribution in [0.15, 0.2) is 11.6 Å². The largest absolute Gasteiger partial charge is 0.432 e. The van der Waals surface area contributed by atoms with Gasteiger partial charge < -0.3 is 84.6 Å². The fourth-order valence-electron chi connectivity index (χ4n) is 14.9. The second kappa shape index (κ2) is 18.0. The van der Waals surface area contributed by atoms with Crippen molar-refractivity contribution in [2.24, 2.45) is 50.2 Å². The average molecular weight is 943 g/mol. The fraction of sp³-hybridized carbons (Fsp3) is 0.938. The van der Waals surface area contributed by atoms with Gasteiger partial charge in [0, 0.05) is 5.41 Å². The Bertz CT molecular complexity index is 1800. The summed E-state index contributed by atoms with van der Waals surface area (Å²) in [6.45, 7) is 13.4. The number of ether oxygens (including phenoxy) is 6. The van der Waals surface area contributed by atoms with Crippen LogP contribution in [0.4, 0.5) is 0 Å². The van der Waals surface area contributed by atoms with E-state index >= 15 is 0 Å². The Balaban J connectivity index is 0.985. The maximum absolute atomic E-state index is 15.0. The summed E-state index contributed by atoms with van der Waals surface area (Å²) in [6.07, 6.45) is -15.3. The summed E-state index contributed by atoms with van der Waals surface area (Å²) in [5.41, 5.74) is -0.838. The second-order valence-corrected chi connectivity index (χ2v) is 23.3. The fourth-order valence-corrected chi connectivity index (χ4v) is 14.9. The highest BCUT2D eigenvalue weighted by molar-refractivity contribution is 5.79. The van der Waals surface area contributed by atoms with Gasteiger partial charge in [-0.15, -0.1) is 0 Å². The number of aliphatic hydroxyl groups excluding tert-OH is 11. The van der Waals surface area contributed by atoms with Gasteiger partial charge >= 0.3 is 5.97 Å². The van der Waals surface area contributed by atoms with Crippen molar-refractivity contribution in [1.82, 2.24) is 0 Å². The molecule has 5 aliphatic carbocycles. The minimum atomic E-state index is -1.94. The van der Waals surface area contributed by atoms with Gasteiger partial charge in [0.25, 0.3) is 0 Å². The first-order chi connectivity index (χ1) is 30.9. The molecular formula is C48H78O18. The van der Waals surface area contributed by atoms with Gasteiger partial charge in [-0.05, 0) is 111 Å². The molecule has 0 bridgehead atoms. The molecule has 18 heteroatoms. The van der Waals surface area contributed by atoms with Crippen LogP contribution in [0, 0.1) is 50.2 Å². The number of hydrogen-bond acceptors (Lipinski definition) is 18. The molecule has 24 unspecified atom stereocenters. The van der Waals surface area contributed by atoms with E-state index in [-0.39, 0.29) is 40.1 Å². The number of carbonyl (C=O) groups is 1. The normalized spacial score (nSPS) is 54.8. The van der Waals surface area contributed by atoms with Crippen LogP contribution >= 0.6 is 0 Å². The maximum atomic E-state index is 15.0. The smallest absolute Gasteiger partial charge is 0.315 e. The summed E-state index contributed by atoms with van der Waals surface area (Å²) in [6, 6.07) is 0. The molecule has 18 nitrogen and oxygen atoms in total. The molecule has 0 aromatic heterocycles. The molecule has 0 amide bonds. The zero-order valence-corrected chi connectivity index (χ0v) is 39.5. The van der Waals surface area contributed by atoms with E-state index in [2.05, 4.69) is 40.7 Å². The highest BCUT2D eigenvalue weighted by atomic mass is 16.8. The minimum Gasteiger partial charge on any atom is -0.432 e. The summed E-state index contributed by atoms with van der Waals surface area (Å²) < 4.78 is 34.9. The third kappa shape index (κ3) is 7.78. The van der Waals surface area contributed by atoms with Gasteiger partial charge in [0.2, 0.25) is 6.29 Å². The zero-order valence-electron chi connectivity index (χ0n) is 39.5. The van der Waals surface area contributed by atoms with Gasteiger partial charge in [-0.1, -0.05) is 53.2 Å². The molecule has 0 spiro atoms. The Morgan fingerprint density at radius 2 is 1.21 bits per heavy atom. The Morgan fingerprint density at radius 1 is 0.652 bits per heavy atom. The number of fused-ring (bicyclic) bond motifs is 7. The van der Waals surface area contributed by atoms with Gasteiger partial charge in [0.05, 0.1) is 37.4 Å². The highest BCUT2D eigenvalue weighted by Crippen LogP contribution is 2.76. The van der Waals surface area contributed by atoms with Gasteiger partial charge in [-0.2, -0.15) is 0 Å². The quantitative estimate of drug-likeness (QED) is 0.108. The Kier molecular flexibility index (Phi) is 13.9. The number of rotatable bonds is 9. The van der Waals surface area contributed by atoms with Crippen LogP contribution in [0.25, 0.3) is 0 Å². The van der Waals surface area contributed by atoms with Crippen LogP contribution in [-0.4, -0.2) is 180 Å². The van der Waals surface area contributed by atoms with E-state index in [1.165, 1.54) is 12.5 Å². The Morgan fingerprint density at radius 3 is 1.82 bits per heavy atom. The molecule has 0 aromatic carbocycles. The third-order valence-electron chi connectivity index (χ3n) is 19.4. The molecule has 3 saturated heterocycles. The molecule has 3 heterocycles. The van der Waals surface area contributed by atoms with Gasteiger partial charge in [-0.25, -0.2) is 0 Å². The van der Waals surface area contributed by atoms with E-state index in [9.17, 15) is 61.0 Å². The lowest BCUT2D eigenvalue weighted by atomic mass is 9.33. The molecule has 0 aromatic rings. The lowest BCUT2D eigenvalue weighted by Gasteiger charge is -2.71. The lowest BCUT2D eigenvalue weighted by Crippen LogP contribution is -2.67. The SMILES string of the molecule is CC1OC(OC2C(CO)OC(OC3C(CO)OC(OC(=O)C45CCC(C)(C)CC4C4=CCC6C7(C)CCC(O)C(C)(CO)C7CCC6(C)C4(C)CC5)C(O)C3O)C(O)C2O)C(O)C(O)C1O. The molecule has 3 aliphatic heterocycles. The summed E-state index contributed by atoms with van der Waals surface area (Å²) in [5, 5.41) is 119. The molecule has 0 radical (unpaired) electrons. The molecule has 4 saturated carbocycles. The summed E-state index contributed by atoms with van der Waals surface area (Å²) in [7, 11) is 0. The van der Waals surface area contributed by atoms with Crippen LogP contribution in [0.3, 0.4) is 0 Å². The average Bonchev–Trinajstić information content (AvgIpc) is 3.28. The number of carbonyl (C=O) groups excluding carboxylic acids is 1. The van der Waals surface area contributed by atoms with E-state index < -0.39 is 128 Å². The molecule has 7 fully saturated rings. The summed E-state index contributed by atoms with van der Waals surface area (Å²) in [4.78, 5) is 15.0. The topological polar surface area (TPSA) is 295 Å². The van der Waals surface area contributed by atoms with Gasteiger partial charge in [0.1, 0.15) is 67.1 Å². The van der Waals surface area contributed by atoms with Gasteiger partial charge in [-0.3, -0.25) is 4.79 Å². The van der Waals surface area contributed by atoms with Crippen molar-refractivity contribution in [3.8, 4) is 0 Å². The lowest BCUT2D eigenvalue weighted by molar-refractivity contribution is -0.377. The van der Waals surface area contributed by atoms with Crippen LogP contribution in [0.1, 0.15) is 113 Å². The standard InChI is InChI=1S/C48H78O18/c1-22-30(53)31(54)34(57)39(61-22)64-37-25(19-49)62-40(35(58)32(37)55)65-38-26(20-50)63-41(36(59)33(38)56)66-42(60)48-16-14-43(2,3)18-24(48)23-8-9-28-44(4)12-11-29(52)45(5,21-51)27(44)10-13-47(28,7)46(23,6)15-17-48/h8,22,24-41,49-59H,9-21H2,1-7H3. The van der Waals surface area contributed by atoms with Crippen molar-refractivity contribution in [1.29, 1.82) is 0 Å². The van der Waals surface area contributed by atoms with Crippen molar-refractivity contribution < 1.29 is 89.4 Å². The number of hydrogen-bond donors (Lipinski definition) is 11. The van der Waals surface area contributed by atoms with Crippen LogP contribution < -0.4 is 0 Å². The molecule has 66 heavy (non-hydrogen) atoms. The van der Waals surface area contributed by atoms with Crippen molar-refractivity contribution >= 4 is 5.97 Å². The number of esters is 1.